The molecule has 0 saturated heterocycles. The molecule has 0 spiro atoms. The smallest absolute Gasteiger partial charge is 0.272 e. The lowest BCUT2D eigenvalue weighted by Gasteiger charge is -2.00. The number of amides is 1. The molecule has 19 heavy (non-hydrogen) atoms. The quantitative estimate of drug-likeness (QED) is 0.586. The third-order valence-corrected chi connectivity index (χ3v) is 2.62. The van der Waals surface area contributed by atoms with Crippen LogP contribution in [0, 0.1) is 0 Å². The van der Waals surface area contributed by atoms with Crippen LogP contribution in [0.2, 0.25) is 0 Å². The molecule has 1 amide bonds. The highest BCUT2D eigenvalue weighted by molar-refractivity contribution is 6.05. The molecule has 0 saturated carbocycles. The highest BCUT2D eigenvalue weighted by Gasteiger charge is 2.14. The molecule has 1 aromatic carbocycles. The van der Waals surface area contributed by atoms with Crippen molar-refractivity contribution >= 4 is 22.5 Å². The van der Waals surface area contributed by atoms with E-state index in [4.69, 9.17) is 5.73 Å². The largest absolute Gasteiger partial charge is 0.399 e. The zero-order valence-corrected chi connectivity index (χ0v) is 9.75. The molecule has 96 valence electrons. The predicted octanol–water partition coefficient (Wildman–Crippen LogP) is 0.458. The summed E-state index contributed by atoms with van der Waals surface area (Å²) in [7, 11) is 0. The topological polar surface area (TPSA) is 123 Å². The molecule has 0 unspecified atom stereocenters. The van der Waals surface area contributed by atoms with Crippen molar-refractivity contribution in [2.75, 3.05) is 5.73 Å². The van der Waals surface area contributed by atoms with Gasteiger partial charge < -0.3 is 15.6 Å². The van der Waals surface area contributed by atoms with Crippen LogP contribution >= 0.6 is 0 Å². The Morgan fingerprint density at radius 3 is 3.16 bits per heavy atom. The van der Waals surface area contributed by atoms with Gasteiger partial charge in [-0.2, -0.15) is 10.1 Å². The average Bonchev–Trinajstić information content (AvgIpc) is 3.04. The molecule has 0 radical (unpaired) electrons. The first-order valence-corrected chi connectivity index (χ1v) is 5.51. The molecule has 0 aliphatic carbocycles. The fraction of sp³-hybridized carbons (Fsp3) is 0.0909. The standard InChI is InChI=1S/C11H10N6O2/c12-6-1-2-8-7(3-6)10(16-15-8)11(18)13-4-9-14-5-19-17-9/h1-3,5H,4,12H2,(H,13,18)(H,15,16). The first-order chi connectivity index (χ1) is 9.24. The van der Waals surface area contributed by atoms with E-state index in [0.29, 0.717) is 16.9 Å². The SMILES string of the molecule is Nc1ccc2[nH]nc(C(=O)NCc3ncon3)c2c1. The third kappa shape index (κ3) is 2.10. The number of H-pyrrole nitrogens is 1. The van der Waals surface area contributed by atoms with E-state index in [1.54, 1.807) is 18.2 Å². The summed E-state index contributed by atoms with van der Waals surface area (Å²) in [4.78, 5) is 15.8. The van der Waals surface area contributed by atoms with Crippen LogP contribution in [0.25, 0.3) is 10.9 Å². The molecule has 0 bridgehead atoms. The molecule has 8 heteroatoms. The van der Waals surface area contributed by atoms with Crippen molar-refractivity contribution in [3.63, 3.8) is 0 Å². The Morgan fingerprint density at radius 2 is 2.37 bits per heavy atom. The maximum absolute atomic E-state index is 12.0. The highest BCUT2D eigenvalue weighted by Crippen LogP contribution is 2.18. The van der Waals surface area contributed by atoms with Crippen LogP contribution in [-0.4, -0.2) is 26.2 Å². The molecule has 2 aromatic heterocycles. The van der Waals surface area contributed by atoms with Gasteiger partial charge in [-0.05, 0) is 18.2 Å². The number of carbonyl (C=O) groups excluding carboxylic acids is 1. The van der Waals surface area contributed by atoms with Crippen molar-refractivity contribution < 1.29 is 9.32 Å². The van der Waals surface area contributed by atoms with E-state index in [-0.39, 0.29) is 18.1 Å². The number of rotatable bonds is 3. The van der Waals surface area contributed by atoms with Gasteiger partial charge in [0.05, 0.1) is 12.1 Å². The molecule has 4 N–H and O–H groups in total. The van der Waals surface area contributed by atoms with Crippen LogP contribution in [0.5, 0.6) is 0 Å². The van der Waals surface area contributed by atoms with Crippen LogP contribution in [0.4, 0.5) is 5.69 Å². The summed E-state index contributed by atoms with van der Waals surface area (Å²) in [5.41, 5.74) is 7.30. The van der Waals surface area contributed by atoms with E-state index in [9.17, 15) is 4.79 Å². The van der Waals surface area contributed by atoms with Crippen molar-refractivity contribution in [1.82, 2.24) is 25.7 Å². The third-order valence-electron chi connectivity index (χ3n) is 2.62. The van der Waals surface area contributed by atoms with Crippen molar-refractivity contribution in [3.05, 3.63) is 36.1 Å². The Labute approximate surface area is 107 Å². The molecule has 0 aliphatic rings. The molecular formula is C11H10N6O2. The summed E-state index contributed by atoms with van der Waals surface area (Å²) >= 11 is 0. The van der Waals surface area contributed by atoms with Crippen LogP contribution in [-0.2, 0) is 6.54 Å². The number of nitrogens with zero attached hydrogens (tertiary/aromatic N) is 3. The number of aromatic amines is 1. The number of hydrogen-bond donors (Lipinski definition) is 3. The second-order valence-corrected chi connectivity index (χ2v) is 3.91. The molecule has 0 aliphatic heterocycles. The molecule has 3 aromatic rings. The summed E-state index contributed by atoms with van der Waals surface area (Å²) in [6.45, 7) is 0.173. The zero-order valence-electron chi connectivity index (χ0n) is 9.75. The minimum atomic E-state index is -0.332. The van der Waals surface area contributed by atoms with E-state index in [0.717, 1.165) is 5.52 Å². The fourth-order valence-electron chi connectivity index (χ4n) is 1.72. The number of nitrogens with one attached hydrogen (secondary N) is 2. The predicted molar refractivity (Wildman–Crippen MR) is 66.0 cm³/mol. The second-order valence-electron chi connectivity index (χ2n) is 3.91. The van der Waals surface area contributed by atoms with Crippen molar-refractivity contribution in [2.24, 2.45) is 0 Å². The van der Waals surface area contributed by atoms with Gasteiger partial charge in [-0.25, -0.2) is 0 Å². The maximum Gasteiger partial charge on any atom is 0.272 e. The summed E-state index contributed by atoms with van der Waals surface area (Å²) in [6, 6.07) is 5.21. The molecule has 0 fully saturated rings. The minimum absolute atomic E-state index is 0.173. The molecule has 2 heterocycles. The lowest BCUT2D eigenvalue weighted by Crippen LogP contribution is -2.24. The Hall–Kier alpha value is -2.90. The van der Waals surface area contributed by atoms with Crippen LogP contribution in [0.3, 0.4) is 0 Å². The molecular weight excluding hydrogens is 248 g/mol. The number of nitrogen functional groups attached to an aromatic ring is 1. The van der Waals surface area contributed by atoms with Gasteiger partial charge in [0.1, 0.15) is 0 Å². The Balaban J connectivity index is 1.83. The van der Waals surface area contributed by atoms with E-state index < -0.39 is 0 Å². The monoisotopic (exact) mass is 258 g/mol. The van der Waals surface area contributed by atoms with E-state index >= 15 is 0 Å². The highest BCUT2D eigenvalue weighted by atomic mass is 16.5. The normalized spacial score (nSPS) is 10.7. The second kappa shape index (κ2) is 4.41. The summed E-state index contributed by atoms with van der Waals surface area (Å²) < 4.78 is 4.57. The summed E-state index contributed by atoms with van der Waals surface area (Å²) in [5.74, 6) is 0.0642. The molecule has 0 atom stereocenters. The van der Waals surface area contributed by atoms with Gasteiger partial charge in [-0.1, -0.05) is 5.16 Å². The van der Waals surface area contributed by atoms with Crippen molar-refractivity contribution in [3.8, 4) is 0 Å². The van der Waals surface area contributed by atoms with Crippen LogP contribution < -0.4 is 11.1 Å². The van der Waals surface area contributed by atoms with Gasteiger partial charge in [0.25, 0.3) is 5.91 Å². The number of benzene rings is 1. The van der Waals surface area contributed by atoms with Gasteiger partial charge in [0.15, 0.2) is 11.5 Å². The number of nitrogens with two attached hydrogens (primary N) is 1. The summed E-state index contributed by atoms with van der Waals surface area (Å²) in [5, 5.41) is 13.7. The van der Waals surface area contributed by atoms with Gasteiger partial charge in [-0.15, -0.1) is 0 Å². The van der Waals surface area contributed by atoms with Crippen molar-refractivity contribution in [1.29, 1.82) is 0 Å². The zero-order chi connectivity index (χ0) is 13.2. The lowest BCUT2D eigenvalue weighted by molar-refractivity contribution is 0.0946. The number of fused-ring (bicyclic) bond motifs is 1. The minimum Gasteiger partial charge on any atom is -0.399 e. The first-order valence-electron chi connectivity index (χ1n) is 5.51. The van der Waals surface area contributed by atoms with E-state index in [1.165, 1.54) is 6.39 Å². The van der Waals surface area contributed by atoms with Gasteiger partial charge in [0, 0.05) is 11.1 Å². The fourth-order valence-corrected chi connectivity index (χ4v) is 1.72. The number of hydrogen-bond acceptors (Lipinski definition) is 6. The van der Waals surface area contributed by atoms with Crippen LogP contribution in [0.15, 0.2) is 29.1 Å². The number of carbonyl (C=O) groups is 1. The first kappa shape index (κ1) is 11.2. The summed E-state index contributed by atoms with van der Waals surface area (Å²) in [6.07, 6.45) is 1.20. The lowest BCUT2D eigenvalue weighted by atomic mass is 10.2. The Morgan fingerprint density at radius 1 is 1.47 bits per heavy atom. The van der Waals surface area contributed by atoms with Gasteiger partial charge in [-0.3, -0.25) is 9.89 Å². The Bertz CT molecular complexity index is 718. The van der Waals surface area contributed by atoms with E-state index in [2.05, 4.69) is 30.2 Å². The number of anilines is 1. The van der Waals surface area contributed by atoms with Crippen molar-refractivity contribution in [2.45, 2.75) is 6.54 Å². The molecule has 8 nitrogen and oxygen atoms in total. The van der Waals surface area contributed by atoms with Crippen LogP contribution in [0.1, 0.15) is 16.3 Å². The maximum atomic E-state index is 12.0. The Kier molecular flexibility index (Phi) is 2.60. The van der Waals surface area contributed by atoms with Gasteiger partial charge >= 0.3 is 0 Å². The molecule has 3 rings (SSSR count). The van der Waals surface area contributed by atoms with E-state index in [1.807, 2.05) is 0 Å². The number of aromatic nitrogens is 4. The average molecular weight is 258 g/mol. The van der Waals surface area contributed by atoms with Gasteiger partial charge in [0.2, 0.25) is 6.39 Å².